The van der Waals surface area contributed by atoms with Gasteiger partial charge in [-0.25, -0.2) is 9.37 Å². The van der Waals surface area contributed by atoms with Gasteiger partial charge in [0.1, 0.15) is 5.82 Å². The van der Waals surface area contributed by atoms with Gasteiger partial charge in [-0.15, -0.1) is 0 Å². The van der Waals surface area contributed by atoms with Gasteiger partial charge in [0.2, 0.25) is 5.95 Å². The molecule has 1 heterocycles. The third-order valence-corrected chi connectivity index (χ3v) is 3.60. The number of hydrogen-bond donors (Lipinski definition) is 1. The van der Waals surface area contributed by atoms with Gasteiger partial charge in [0, 0.05) is 26.0 Å². The van der Waals surface area contributed by atoms with Crippen LogP contribution < -0.4 is 5.32 Å². The summed E-state index contributed by atoms with van der Waals surface area (Å²) in [5.74, 6) is 0.423. The van der Waals surface area contributed by atoms with Crippen molar-refractivity contribution in [2.75, 3.05) is 25.1 Å². The number of ether oxygens (including phenoxy) is 1. The fourth-order valence-electron chi connectivity index (χ4n) is 1.97. The Balaban J connectivity index is 2.10. The van der Waals surface area contributed by atoms with Crippen molar-refractivity contribution in [2.45, 2.75) is 20.3 Å². The van der Waals surface area contributed by atoms with Crippen molar-refractivity contribution < 1.29 is 9.13 Å². The molecule has 1 aromatic carbocycles. The Bertz CT molecular complexity index is 601. The molecule has 0 spiro atoms. The molecule has 0 aliphatic rings. The van der Waals surface area contributed by atoms with Gasteiger partial charge in [0.15, 0.2) is 0 Å². The second-order valence-corrected chi connectivity index (χ2v) is 5.51. The van der Waals surface area contributed by atoms with Crippen LogP contribution in [0.4, 0.5) is 10.3 Å². The first-order chi connectivity index (χ1) is 10.1. The zero-order valence-electron chi connectivity index (χ0n) is 12.2. The molecule has 0 aliphatic heterocycles. The van der Waals surface area contributed by atoms with E-state index in [2.05, 4.69) is 26.2 Å². The normalized spacial score (nSPS) is 10.9. The summed E-state index contributed by atoms with van der Waals surface area (Å²) in [6, 6.07) is 5.02. The lowest BCUT2D eigenvalue weighted by atomic mass is 10.3. The van der Waals surface area contributed by atoms with Crippen LogP contribution in [0.5, 0.6) is 0 Å². The summed E-state index contributed by atoms with van der Waals surface area (Å²) in [7, 11) is 0. The Morgan fingerprint density at radius 1 is 1.43 bits per heavy atom. The van der Waals surface area contributed by atoms with Crippen molar-refractivity contribution in [3.8, 4) is 5.69 Å². The quantitative estimate of drug-likeness (QED) is 0.765. The number of nitrogens with zero attached hydrogens (tertiary/aromatic N) is 2. The Morgan fingerprint density at radius 2 is 2.24 bits per heavy atom. The first-order valence-corrected chi connectivity index (χ1v) is 7.74. The monoisotopic (exact) mass is 355 g/mol. The maximum absolute atomic E-state index is 13.7. The molecule has 1 aromatic heterocycles. The maximum atomic E-state index is 13.7. The van der Waals surface area contributed by atoms with Gasteiger partial charge in [-0.3, -0.25) is 4.57 Å². The zero-order chi connectivity index (χ0) is 15.2. The molecule has 0 fully saturated rings. The van der Waals surface area contributed by atoms with Crippen molar-refractivity contribution in [2.24, 2.45) is 0 Å². The average molecular weight is 356 g/mol. The predicted octanol–water partition coefficient (Wildman–Crippen LogP) is 3.92. The van der Waals surface area contributed by atoms with Crippen LogP contribution >= 0.6 is 15.9 Å². The summed E-state index contributed by atoms with van der Waals surface area (Å²) < 4.78 is 21.3. The minimum absolute atomic E-state index is 0.291. The number of imidazole rings is 1. The molecule has 0 radical (unpaired) electrons. The molecule has 0 aliphatic carbocycles. The second-order valence-electron chi connectivity index (χ2n) is 4.65. The van der Waals surface area contributed by atoms with Crippen LogP contribution in [0.25, 0.3) is 5.69 Å². The topological polar surface area (TPSA) is 39.1 Å². The Kier molecular flexibility index (Phi) is 5.76. The molecule has 0 bridgehead atoms. The molecule has 1 N–H and O–H groups in total. The van der Waals surface area contributed by atoms with Gasteiger partial charge >= 0.3 is 0 Å². The average Bonchev–Trinajstić information content (AvgIpc) is 2.83. The smallest absolute Gasteiger partial charge is 0.207 e. The predicted molar refractivity (Wildman–Crippen MR) is 85.6 cm³/mol. The summed E-state index contributed by atoms with van der Waals surface area (Å²) in [5, 5.41) is 3.26. The third kappa shape index (κ3) is 4.28. The lowest BCUT2D eigenvalue weighted by Gasteiger charge is -2.10. The first kappa shape index (κ1) is 16.0. The van der Waals surface area contributed by atoms with E-state index in [0.717, 1.165) is 37.6 Å². The summed E-state index contributed by atoms with van der Waals surface area (Å²) in [6.45, 7) is 6.10. The van der Waals surface area contributed by atoms with E-state index in [0.29, 0.717) is 10.4 Å². The standard InChI is InChI=1S/C15H19BrFN3O/c1-3-21-8-4-7-18-15-19-11(2)10-20(15)12-5-6-13(16)14(17)9-12/h5-6,9-10H,3-4,7-8H2,1-2H3,(H,18,19). The van der Waals surface area contributed by atoms with Crippen molar-refractivity contribution >= 4 is 21.9 Å². The number of aromatic nitrogens is 2. The van der Waals surface area contributed by atoms with Gasteiger partial charge in [-0.05, 0) is 54.4 Å². The number of hydrogen-bond acceptors (Lipinski definition) is 3. The largest absolute Gasteiger partial charge is 0.382 e. The highest BCUT2D eigenvalue weighted by Gasteiger charge is 2.09. The van der Waals surface area contributed by atoms with E-state index in [9.17, 15) is 4.39 Å². The van der Waals surface area contributed by atoms with Crippen molar-refractivity contribution in [3.63, 3.8) is 0 Å². The van der Waals surface area contributed by atoms with Crippen LogP contribution in [0.1, 0.15) is 19.0 Å². The van der Waals surface area contributed by atoms with Gasteiger partial charge in [-0.2, -0.15) is 0 Å². The molecule has 2 aromatic rings. The highest BCUT2D eigenvalue weighted by molar-refractivity contribution is 9.10. The minimum atomic E-state index is -0.291. The lowest BCUT2D eigenvalue weighted by molar-refractivity contribution is 0.147. The van der Waals surface area contributed by atoms with E-state index in [1.165, 1.54) is 6.07 Å². The zero-order valence-corrected chi connectivity index (χ0v) is 13.8. The Morgan fingerprint density at radius 3 is 2.95 bits per heavy atom. The third-order valence-electron chi connectivity index (χ3n) is 2.96. The summed E-state index contributed by atoms with van der Waals surface area (Å²) in [4.78, 5) is 4.43. The fourth-order valence-corrected chi connectivity index (χ4v) is 2.22. The molecular formula is C15H19BrFN3O. The second kappa shape index (κ2) is 7.56. The van der Waals surface area contributed by atoms with E-state index < -0.39 is 0 Å². The molecule has 4 nitrogen and oxygen atoms in total. The van der Waals surface area contributed by atoms with E-state index in [1.807, 2.05) is 30.7 Å². The number of rotatable bonds is 7. The number of aryl methyl sites for hydroxylation is 1. The number of nitrogens with one attached hydrogen (secondary N) is 1. The van der Waals surface area contributed by atoms with Crippen molar-refractivity contribution in [3.05, 3.63) is 40.4 Å². The van der Waals surface area contributed by atoms with Crippen molar-refractivity contribution in [1.82, 2.24) is 9.55 Å². The molecule has 114 valence electrons. The van der Waals surface area contributed by atoms with Crippen LogP contribution in [-0.4, -0.2) is 29.3 Å². The maximum Gasteiger partial charge on any atom is 0.207 e. The van der Waals surface area contributed by atoms with Crippen LogP contribution in [0.3, 0.4) is 0 Å². The van der Waals surface area contributed by atoms with E-state index in [-0.39, 0.29) is 5.82 Å². The fraction of sp³-hybridized carbons (Fsp3) is 0.400. The van der Waals surface area contributed by atoms with Crippen LogP contribution in [-0.2, 0) is 4.74 Å². The van der Waals surface area contributed by atoms with Gasteiger partial charge < -0.3 is 10.1 Å². The van der Waals surface area contributed by atoms with E-state index in [4.69, 9.17) is 4.74 Å². The molecular weight excluding hydrogens is 337 g/mol. The Labute approximate surface area is 132 Å². The summed E-state index contributed by atoms with van der Waals surface area (Å²) >= 11 is 3.16. The molecule has 21 heavy (non-hydrogen) atoms. The molecule has 0 unspecified atom stereocenters. The number of benzene rings is 1. The van der Waals surface area contributed by atoms with Crippen molar-refractivity contribution in [1.29, 1.82) is 0 Å². The van der Waals surface area contributed by atoms with Crippen LogP contribution in [0.15, 0.2) is 28.9 Å². The molecule has 2 rings (SSSR count). The first-order valence-electron chi connectivity index (χ1n) is 6.95. The Hall–Kier alpha value is -1.40. The lowest BCUT2D eigenvalue weighted by Crippen LogP contribution is -2.10. The molecule has 0 saturated heterocycles. The molecule has 6 heteroatoms. The van der Waals surface area contributed by atoms with Gasteiger partial charge in [-0.1, -0.05) is 0 Å². The SMILES string of the molecule is CCOCCCNc1nc(C)cn1-c1ccc(Br)c(F)c1. The molecule has 0 saturated carbocycles. The minimum Gasteiger partial charge on any atom is -0.382 e. The van der Waals surface area contributed by atoms with E-state index in [1.54, 1.807) is 6.07 Å². The number of halogens is 2. The van der Waals surface area contributed by atoms with E-state index >= 15 is 0 Å². The van der Waals surface area contributed by atoms with Gasteiger partial charge in [0.25, 0.3) is 0 Å². The molecule has 0 amide bonds. The highest BCUT2D eigenvalue weighted by Crippen LogP contribution is 2.22. The van der Waals surface area contributed by atoms with Crippen LogP contribution in [0.2, 0.25) is 0 Å². The summed E-state index contributed by atoms with van der Waals surface area (Å²) in [6.07, 6.45) is 2.78. The van der Waals surface area contributed by atoms with Crippen LogP contribution in [0, 0.1) is 12.7 Å². The highest BCUT2D eigenvalue weighted by atomic mass is 79.9. The summed E-state index contributed by atoms with van der Waals surface area (Å²) in [5.41, 5.74) is 1.62. The van der Waals surface area contributed by atoms with Gasteiger partial charge in [0.05, 0.1) is 15.9 Å². The molecule has 0 atom stereocenters. The number of anilines is 1.